The predicted molar refractivity (Wildman–Crippen MR) is 61.5 cm³/mol. The highest BCUT2D eigenvalue weighted by Crippen LogP contribution is 2.36. The largest absolute Gasteiger partial charge is 0.486 e. The maximum absolute atomic E-state index is 8.85. The Kier molecular flexibility index (Phi) is 2.21. The molecule has 1 fully saturated rings. The second-order valence-corrected chi connectivity index (χ2v) is 4.51. The SMILES string of the molecule is N#Cc1ccc2c(c1)OC1CCCCC1N2. The van der Waals surface area contributed by atoms with Crippen molar-refractivity contribution in [1.29, 1.82) is 5.26 Å². The van der Waals surface area contributed by atoms with Gasteiger partial charge in [-0.2, -0.15) is 5.26 Å². The minimum atomic E-state index is 0.287. The van der Waals surface area contributed by atoms with E-state index in [4.69, 9.17) is 10.00 Å². The Morgan fingerprint density at radius 1 is 1.31 bits per heavy atom. The van der Waals surface area contributed by atoms with Crippen LogP contribution in [0.1, 0.15) is 31.2 Å². The van der Waals surface area contributed by atoms with Crippen LogP contribution in [0.5, 0.6) is 5.75 Å². The number of hydrogen-bond acceptors (Lipinski definition) is 3. The van der Waals surface area contributed by atoms with Gasteiger partial charge < -0.3 is 10.1 Å². The Labute approximate surface area is 95.0 Å². The zero-order valence-electron chi connectivity index (χ0n) is 9.07. The summed E-state index contributed by atoms with van der Waals surface area (Å²) in [6.07, 6.45) is 5.12. The Morgan fingerprint density at radius 3 is 3.06 bits per heavy atom. The maximum atomic E-state index is 8.85. The van der Waals surface area contributed by atoms with Crippen molar-refractivity contribution in [2.45, 2.75) is 37.8 Å². The number of fused-ring (bicyclic) bond motifs is 2. The van der Waals surface area contributed by atoms with E-state index in [9.17, 15) is 0 Å². The van der Waals surface area contributed by atoms with E-state index in [1.165, 1.54) is 19.3 Å². The molecule has 3 nitrogen and oxygen atoms in total. The molecular weight excluding hydrogens is 200 g/mol. The Bertz CT molecular complexity index is 450. The lowest BCUT2D eigenvalue weighted by Crippen LogP contribution is -2.43. The molecule has 2 unspecified atom stereocenters. The first-order valence-corrected chi connectivity index (χ1v) is 5.84. The van der Waals surface area contributed by atoms with Gasteiger partial charge in [0.1, 0.15) is 11.9 Å². The summed E-state index contributed by atoms with van der Waals surface area (Å²) in [6.45, 7) is 0. The van der Waals surface area contributed by atoms with Gasteiger partial charge in [-0.15, -0.1) is 0 Å². The summed E-state index contributed by atoms with van der Waals surface area (Å²) in [5.41, 5.74) is 1.69. The van der Waals surface area contributed by atoms with Crippen molar-refractivity contribution in [3.05, 3.63) is 23.8 Å². The summed E-state index contributed by atoms with van der Waals surface area (Å²) in [6, 6.07) is 8.20. The van der Waals surface area contributed by atoms with E-state index in [-0.39, 0.29) is 6.10 Å². The van der Waals surface area contributed by atoms with Crippen LogP contribution >= 0.6 is 0 Å². The zero-order valence-corrected chi connectivity index (χ0v) is 9.07. The summed E-state index contributed by atoms with van der Waals surface area (Å²) in [5.74, 6) is 0.835. The number of anilines is 1. The molecule has 1 aliphatic carbocycles. The van der Waals surface area contributed by atoms with Crippen LogP contribution in [0, 0.1) is 11.3 Å². The molecule has 0 saturated heterocycles. The minimum Gasteiger partial charge on any atom is -0.486 e. The molecule has 3 heteroatoms. The van der Waals surface area contributed by atoms with Crippen molar-refractivity contribution >= 4 is 5.69 Å². The van der Waals surface area contributed by atoms with E-state index in [1.54, 1.807) is 0 Å². The smallest absolute Gasteiger partial charge is 0.144 e. The predicted octanol–water partition coefficient (Wildman–Crippen LogP) is 2.67. The molecule has 2 aliphatic rings. The average molecular weight is 214 g/mol. The number of hydrogen-bond donors (Lipinski definition) is 1. The van der Waals surface area contributed by atoms with Crippen LogP contribution in [-0.4, -0.2) is 12.1 Å². The van der Waals surface area contributed by atoms with Crippen molar-refractivity contribution in [2.75, 3.05) is 5.32 Å². The van der Waals surface area contributed by atoms with Gasteiger partial charge in [0.15, 0.2) is 0 Å². The first-order valence-electron chi connectivity index (χ1n) is 5.84. The third-order valence-electron chi connectivity index (χ3n) is 3.43. The van der Waals surface area contributed by atoms with Gasteiger partial charge in [0.05, 0.1) is 23.4 Å². The molecule has 1 heterocycles. The van der Waals surface area contributed by atoms with Crippen LogP contribution in [0.25, 0.3) is 0 Å². The monoisotopic (exact) mass is 214 g/mol. The van der Waals surface area contributed by atoms with Gasteiger partial charge >= 0.3 is 0 Å². The molecule has 0 amide bonds. The van der Waals surface area contributed by atoms with Crippen molar-refractivity contribution in [3.8, 4) is 11.8 Å². The van der Waals surface area contributed by atoms with Crippen molar-refractivity contribution in [3.63, 3.8) is 0 Å². The third-order valence-corrected chi connectivity index (χ3v) is 3.43. The van der Waals surface area contributed by atoms with E-state index < -0.39 is 0 Å². The number of nitrogens with one attached hydrogen (secondary N) is 1. The molecule has 0 bridgehead atoms. The molecule has 1 aromatic rings. The van der Waals surface area contributed by atoms with Crippen LogP contribution in [0.2, 0.25) is 0 Å². The number of benzene rings is 1. The van der Waals surface area contributed by atoms with E-state index in [0.717, 1.165) is 17.9 Å². The molecule has 1 saturated carbocycles. The molecule has 3 rings (SSSR count). The fourth-order valence-corrected chi connectivity index (χ4v) is 2.57. The highest BCUT2D eigenvalue weighted by Gasteiger charge is 2.31. The molecule has 1 aromatic carbocycles. The highest BCUT2D eigenvalue weighted by atomic mass is 16.5. The van der Waals surface area contributed by atoms with E-state index in [1.807, 2.05) is 18.2 Å². The Morgan fingerprint density at radius 2 is 2.19 bits per heavy atom. The molecule has 0 aromatic heterocycles. The summed E-state index contributed by atoms with van der Waals surface area (Å²) in [5, 5.41) is 12.4. The zero-order chi connectivity index (χ0) is 11.0. The normalized spacial score (nSPS) is 26.7. The third kappa shape index (κ3) is 1.51. The van der Waals surface area contributed by atoms with Gasteiger partial charge in [0, 0.05) is 6.07 Å². The van der Waals surface area contributed by atoms with Gasteiger partial charge in [-0.05, 0) is 31.4 Å². The summed E-state index contributed by atoms with van der Waals surface area (Å²) < 4.78 is 5.96. The molecule has 82 valence electrons. The fourth-order valence-electron chi connectivity index (χ4n) is 2.57. The highest BCUT2D eigenvalue weighted by molar-refractivity contribution is 5.61. The molecule has 2 atom stereocenters. The van der Waals surface area contributed by atoms with Crippen LogP contribution in [-0.2, 0) is 0 Å². The van der Waals surface area contributed by atoms with Crippen molar-refractivity contribution in [1.82, 2.24) is 0 Å². The maximum Gasteiger partial charge on any atom is 0.144 e. The fraction of sp³-hybridized carbons (Fsp3) is 0.462. The number of rotatable bonds is 0. The first kappa shape index (κ1) is 9.53. The van der Waals surface area contributed by atoms with E-state index in [0.29, 0.717) is 11.6 Å². The summed E-state index contributed by atoms with van der Waals surface area (Å²) in [7, 11) is 0. The summed E-state index contributed by atoms with van der Waals surface area (Å²) >= 11 is 0. The van der Waals surface area contributed by atoms with Crippen LogP contribution in [0.4, 0.5) is 5.69 Å². The van der Waals surface area contributed by atoms with Gasteiger partial charge in [0.2, 0.25) is 0 Å². The average Bonchev–Trinajstić information content (AvgIpc) is 2.35. The molecule has 1 N–H and O–H groups in total. The van der Waals surface area contributed by atoms with Crippen LogP contribution in [0.15, 0.2) is 18.2 Å². The second kappa shape index (κ2) is 3.71. The number of ether oxygens (including phenoxy) is 1. The van der Waals surface area contributed by atoms with Gasteiger partial charge in [-0.3, -0.25) is 0 Å². The van der Waals surface area contributed by atoms with Crippen LogP contribution in [0.3, 0.4) is 0 Å². The van der Waals surface area contributed by atoms with Gasteiger partial charge in [-0.1, -0.05) is 6.42 Å². The second-order valence-electron chi connectivity index (χ2n) is 4.51. The minimum absolute atomic E-state index is 0.287. The first-order chi connectivity index (χ1) is 7.86. The summed E-state index contributed by atoms with van der Waals surface area (Å²) in [4.78, 5) is 0. The van der Waals surface area contributed by atoms with Crippen molar-refractivity contribution in [2.24, 2.45) is 0 Å². The lowest BCUT2D eigenvalue weighted by molar-refractivity contribution is 0.131. The molecule has 16 heavy (non-hydrogen) atoms. The number of nitriles is 1. The molecule has 0 spiro atoms. The Hall–Kier alpha value is -1.69. The van der Waals surface area contributed by atoms with Gasteiger partial charge in [-0.25, -0.2) is 0 Å². The topological polar surface area (TPSA) is 45.0 Å². The van der Waals surface area contributed by atoms with Gasteiger partial charge in [0.25, 0.3) is 0 Å². The quantitative estimate of drug-likeness (QED) is 0.722. The lowest BCUT2D eigenvalue weighted by Gasteiger charge is -2.38. The number of nitrogens with zero attached hydrogens (tertiary/aromatic N) is 1. The molecule has 0 radical (unpaired) electrons. The van der Waals surface area contributed by atoms with Crippen LogP contribution < -0.4 is 10.1 Å². The van der Waals surface area contributed by atoms with E-state index >= 15 is 0 Å². The van der Waals surface area contributed by atoms with Crippen molar-refractivity contribution < 1.29 is 4.74 Å². The lowest BCUT2D eigenvalue weighted by atomic mass is 9.91. The van der Waals surface area contributed by atoms with E-state index in [2.05, 4.69) is 11.4 Å². The molecule has 1 aliphatic heterocycles. The molecular formula is C13H14N2O. The Balaban J connectivity index is 1.93. The standard InChI is InChI=1S/C13H14N2O/c14-8-9-5-6-11-13(7-9)16-12-4-2-1-3-10(12)15-11/h5-7,10,12,15H,1-4H2.